The number of aryl methyl sites for hydroxylation is 2. The molecule has 0 aliphatic heterocycles. The molecule has 0 aromatic carbocycles. The third kappa shape index (κ3) is 2.37. The Bertz CT molecular complexity index is 577. The number of hydrogen-bond donors (Lipinski definition) is 0. The second kappa shape index (κ2) is 4.95. The molecule has 6 heteroatoms. The molecule has 2 aromatic heterocycles. The van der Waals surface area contributed by atoms with E-state index in [0.29, 0.717) is 29.5 Å². The third-order valence-electron chi connectivity index (χ3n) is 2.40. The van der Waals surface area contributed by atoms with Gasteiger partial charge in [0.25, 0.3) is 0 Å². The molecule has 94 valence electrons. The zero-order chi connectivity index (χ0) is 13.1. The maximum atomic E-state index is 11.7. The van der Waals surface area contributed by atoms with Gasteiger partial charge < -0.3 is 4.74 Å². The minimum Gasteiger partial charge on any atom is -0.461 e. The monoisotopic (exact) mass is 246 g/mol. The van der Waals surface area contributed by atoms with Crippen molar-refractivity contribution in [2.24, 2.45) is 7.05 Å². The Kier molecular flexibility index (Phi) is 3.36. The van der Waals surface area contributed by atoms with Crippen LogP contribution in [-0.4, -0.2) is 32.3 Å². The van der Waals surface area contributed by atoms with E-state index in [1.165, 1.54) is 4.68 Å². The molecule has 18 heavy (non-hydrogen) atoms. The summed E-state index contributed by atoms with van der Waals surface area (Å²) in [5.41, 5.74) is 1.72. The van der Waals surface area contributed by atoms with Crippen molar-refractivity contribution in [3.8, 4) is 11.4 Å². The fourth-order valence-corrected chi connectivity index (χ4v) is 1.59. The van der Waals surface area contributed by atoms with Crippen molar-refractivity contribution in [1.29, 1.82) is 0 Å². The summed E-state index contributed by atoms with van der Waals surface area (Å²) < 4.78 is 6.44. The predicted molar refractivity (Wildman–Crippen MR) is 64.9 cm³/mol. The largest absolute Gasteiger partial charge is 0.461 e. The van der Waals surface area contributed by atoms with Crippen LogP contribution in [-0.2, 0) is 11.8 Å². The van der Waals surface area contributed by atoms with Gasteiger partial charge in [0.1, 0.15) is 17.2 Å². The summed E-state index contributed by atoms with van der Waals surface area (Å²) in [5.74, 6) is 0.278. The Morgan fingerprint density at radius 1 is 1.44 bits per heavy atom. The molecule has 0 aliphatic rings. The molecule has 2 heterocycles. The van der Waals surface area contributed by atoms with Gasteiger partial charge in [-0.15, -0.1) is 0 Å². The van der Waals surface area contributed by atoms with Gasteiger partial charge >= 0.3 is 5.97 Å². The standard InChI is InChI=1S/C12H14N4O2/c1-4-18-12(17)11-7-10(15-16(11)3)9-5-6-13-8(2)14-9/h5-7H,4H2,1-3H3. The van der Waals surface area contributed by atoms with Gasteiger partial charge in [0.2, 0.25) is 0 Å². The van der Waals surface area contributed by atoms with Crippen LogP contribution in [0.4, 0.5) is 0 Å². The van der Waals surface area contributed by atoms with Crippen molar-refractivity contribution in [2.45, 2.75) is 13.8 Å². The van der Waals surface area contributed by atoms with Crippen LogP contribution in [0.5, 0.6) is 0 Å². The zero-order valence-corrected chi connectivity index (χ0v) is 10.5. The lowest BCUT2D eigenvalue weighted by atomic mass is 10.2. The van der Waals surface area contributed by atoms with Crippen LogP contribution < -0.4 is 0 Å². The topological polar surface area (TPSA) is 69.9 Å². The van der Waals surface area contributed by atoms with Gasteiger partial charge in [-0.3, -0.25) is 4.68 Å². The van der Waals surface area contributed by atoms with E-state index < -0.39 is 0 Å². The highest BCUT2D eigenvalue weighted by Crippen LogP contribution is 2.16. The van der Waals surface area contributed by atoms with E-state index in [1.807, 2.05) is 0 Å². The van der Waals surface area contributed by atoms with Crippen molar-refractivity contribution >= 4 is 5.97 Å². The molecule has 0 saturated heterocycles. The summed E-state index contributed by atoms with van der Waals surface area (Å²) >= 11 is 0. The summed E-state index contributed by atoms with van der Waals surface area (Å²) in [5, 5.41) is 4.25. The molecule has 0 atom stereocenters. The van der Waals surface area contributed by atoms with Crippen molar-refractivity contribution < 1.29 is 9.53 Å². The molecule has 0 bridgehead atoms. The van der Waals surface area contributed by atoms with Gasteiger partial charge in [-0.25, -0.2) is 14.8 Å². The Morgan fingerprint density at radius 2 is 2.22 bits per heavy atom. The maximum Gasteiger partial charge on any atom is 0.356 e. The lowest BCUT2D eigenvalue weighted by molar-refractivity contribution is 0.0513. The minimum atomic E-state index is -0.385. The Hall–Kier alpha value is -2.24. The number of ether oxygens (including phenoxy) is 1. The second-order valence-corrected chi connectivity index (χ2v) is 3.75. The fraction of sp³-hybridized carbons (Fsp3) is 0.333. The summed E-state index contributed by atoms with van der Waals surface area (Å²) in [7, 11) is 1.70. The van der Waals surface area contributed by atoms with Gasteiger partial charge in [0.05, 0.1) is 12.3 Å². The number of nitrogens with zero attached hydrogens (tertiary/aromatic N) is 4. The van der Waals surface area contributed by atoms with Crippen LogP contribution in [0.1, 0.15) is 23.2 Å². The summed E-state index contributed by atoms with van der Waals surface area (Å²) in [6, 6.07) is 3.42. The molecule has 0 fully saturated rings. The Balaban J connectivity index is 2.37. The molecule has 0 aliphatic carbocycles. The number of carbonyl (C=O) groups excluding carboxylic acids is 1. The maximum absolute atomic E-state index is 11.7. The van der Waals surface area contributed by atoms with Gasteiger partial charge in [-0.1, -0.05) is 0 Å². The molecule has 2 aromatic rings. The second-order valence-electron chi connectivity index (χ2n) is 3.75. The van der Waals surface area contributed by atoms with Crippen LogP contribution in [0, 0.1) is 6.92 Å². The third-order valence-corrected chi connectivity index (χ3v) is 2.40. The van der Waals surface area contributed by atoms with Crippen molar-refractivity contribution in [3.63, 3.8) is 0 Å². The molecule has 0 spiro atoms. The van der Waals surface area contributed by atoms with Crippen molar-refractivity contribution in [2.75, 3.05) is 6.61 Å². The van der Waals surface area contributed by atoms with E-state index in [2.05, 4.69) is 15.1 Å². The van der Waals surface area contributed by atoms with Gasteiger partial charge in [-0.05, 0) is 19.9 Å². The highest BCUT2D eigenvalue weighted by molar-refractivity contribution is 5.88. The van der Waals surface area contributed by atoms with E-state index >= 15 is 0 Å². The first kappa shape index (κ1) is 12.2. The molecule has 0 saturated carbocycles. The Labute approximate surface area is 105 Å². The molecule has 0 N–H and O–H groups in total. The first-order chi connectivity index (χ1) is 8.61. The average molecular weight is 246 g/mol. The lowest BCUT2D eigenvalue weighted by Crippen LogP contribution is -2.10. The summed E-state index contributed by atoms with van der Waals surface area (Å²) in [6.45, 7) is 3.91. The average Bonchev–Trinajstić information content (AvgIpc) is 2.72. The zero-order valence-electron chi connectivity index (χ0n) is 10.5. The van der Waals surface area contributed by atoms with E-state index in [9.17, 15) is 4.79 Å². The van der Waals surface area contributed by atoms with Crippen LogP contribution in [0.2, 0.25) is 0 Å². The molecule has 0 radical (unpaired) electrons. The highest BCUT2D eigenvalue weighted by Gasteiger charge is 2.15. The van der Waals surface area contributed by atoms with Crippen LogP contribution in [0.3, 0.4) is 0 Å². The summed E-state index contributed by atoms with van der Waals surface area (Å²) in [4.78, 5) is 19.9. The van der Waals surface area contributed by atoms with Gasteiger partial charge in [0.15, 0.2) is 0 Å². The molecular formula is C12H14N4O2. The van der Waals surface area contributed by atoms with E-state index in [-0.39, 0.29) is 5.97 Å². The highest BCUT2D eigenvalue weighted by atomic mass is 16.5. The fourth-order valence-electron chi connectivity index (χ4n) is 1.59. The van der Waals surface area contributed by atoms with Crippen molar-refractivity contribution in [3.05, 3.63) is 29.8 Å². The minimum absolute atomic E-state index is 0.339. The number of rotatable bonds is 3. The molecule has 0 amide bonds. The molecule has 2 rings (SSSR count). The number of carbonyl (C=O) groups is 1. The van der Waals surface area contributed by atoms with Crippen LogP contribution >= 0.6 is 0 Å². The number of aromatic nitrogens is 4. The SMILES string of the molecule is CCOC(=O)c1cc(-c2ccnc(C)n2)nn1C. The molecule has 6 nitrogen and oxygen atoms in total. The first-order valence-electron chi connectivity index (χ1n) is 5.63. The van der Waals surface area contributed by atoms with E-state index in [4.69, 9.17) is 4.74 Å². The van der Waals surface area contributed by atoms with Crippen molar-refractivity contribution in [1.82, 2.24) is 19.7 Å². The van der Waals surface area contributed by atoms with E-state index in [1.54, 1.807) is 39.2 Å². The van der Waals surface area contributed by atoms with E-state index in [0.717, 1.165) is 0 Å². The predicted octanol–water partition coefficient (Wildman–Crippen LogP) is 1.36. The normalized spacial score (nSPS) is 10.4. The molecule has 0 unspecified atom stereocenters. The van der Waals surface area contributed by atoms with Crippen LogP contribution in [0.25, 0.3) is 11.4 Å². The summed E-state index contributed by atoms with van der Waals surface area (Å²) in [6.07, 6.45) is 1.66. The first-order valence-corrected chi connectivity index (χ1v) is 5.63. The molecular weight excluding hydrogens is 232 g/mol. The lowest BCUT2D eigenvalue weighted by Gasteiger charge is -1.99. The van der Waals surface area contributed by atoms with Crippen LogP contribution in [0.15, 0.2) is 18.3 Å². The van der Waals surface area contributed by atoms with Gasteiger partial charge in [-0.2, -0.15) is 5.10 Å². The Morgan fingerprint density at radius 3 is 2.89 bits per heavy atom. The number of hydrogen-bond acceptors (Lipinski definition) is 5. The quantitative estimate of drug-likeness (QED) is 0.765. The number of esters is 1. The van der Waals surface area contributed by atoms with Gasteiger partial charge in [0, 0.05) is 19.3 Å². The smallest absolute Gasteiger partial charge is 0.356 e.